The molecule has 0 saturated carbocycles. The molecule has 5 aromatic rings. The summed E-state index contributed by atoms with van der Waals surface area (Å²) in [5, 5.41) is 2.40. The van der Waals surface area contributed by atoms with Crippen molar-refractivity contribution in [3.05, 3.63) is 89.1 Å². The molecule has 1 aliphatic carbocycles. The SMILES string of the molecule is CCC1(CC)c2ccccc2-c2c1ccc1c2oc2c(-c3cc(C)cc[n+]3C)c(C)ccc21. The van der Waals surface area contributed by atoms with Gasteiger partial charge in [-0.1, -0.05) is 62.4 Å². The van der Waals surface area contributed by atoms with E-state index in [1.165, 1.54) is 55.4 Å². The Bertz CT molecular complexity index is 1570. The molecule has 3 aromatic carbocycles. The number of pyridine rings is 1. The lowest BCUT2D eigenvalue weighted by Gasteiger charge is -2.29. The summed E-state index contributed by atoms with van der Waals surface area (Å²) in [5.74, 6) is 0. The van der Waals surface area contributed by atoms with Crippen LogP contribution in [0.2, 0.25) is 0 Å². The van der Waals surface area contributed by atoms with E-state index in [1.54, 1.807) is 0 Å². The van der Waals surface area contributed by atoms with E-state index in [9.17, 15) is 0 Å². The maximum absolute atomic E-state index is 6.88. The summed E-state index contributed by atoms with van der Waals surface area (Å²) in [6.07, 6.45) is 4.31. The fourth-order valence-corrected chi connectivity index (χ4v) is 6.19. The molecule has 0 radical (unpaired) electrons. The summed E-state index contributed by atoms with van der Waals surface area (Å²) in [7, 11) is 2.11. The number of hydrogen-bond acceptors (Lipinski definition) is 1. The standard InChI is InChI=1S/C31H30NO/c1-6-31(7-2)24-11-9-8-10-23(24)28-25(31)15-14-22-21-13-12-20(4)27(29(21)33-30(22)28)26-18-19(3)16-17-32(26)5/h8-18H,6-7H2,1-5H3/q+1. The number of nitrogens with zero attached hydrogens (tertiary/aromatic N) is 1. The molecule has 0 saturated heterocycles. The smallest absolute Gasteiger partial charge is 0.216 e. The first kappa shape index (κ1) is 20.2. The minimum absolute atomic E-state index is 0.0564. The van der Waals surface area contributed by atoms with Gasteiger partial charge in [0.25, 0.3) is 0 Å². The topological polar surface area (TPSA) is 17.0 Å². The Balaban J connectivity index is 1.76. The third-order valence-corrected chi connectivity index (χ3v) is 8.01. The van der Waals surface area contributed by atoms with Crippen LogP contribution in [-0.4, -0.2) is 0 Å². The highest BCUT2D eigenvalue weighted by molar-refractivity contribution is 6.14. The van der Waals surface area contributed by atoms with Crippen molar-refractivity contribution in [2.45, 2.75) is 46.0 Å². The summed E-state index contributed by atoms with van der Waals surface area (Å²) in [4.78, 5) is 0. The number of aryl methyl sites for hydroxylation is 3. The Labute approximate surface area is 195 Å². The second-order valence-corrected chi connectivity index (χ2v) is 9.64. The first-order valence-corrected chi connectivity index (χ1v) is 12.1. The molecule has 0 amide bonds. The Morgan fingerprint density at radius 2 is 1.48 bits per heavy atom. The fraction of sp³-hybridized carbons (Fsp3) is 0.258. The highest BCUT2D eigenvalue weighted by Crippen LogP contribution is 2.55. The van der Waals surface area contributed by atoms with Gasteiger partial charge in [0.05, 0.1) is 5.56 Å². The average Bonchev–Trinajstić information content (AvgIpc) is 3.34. The van der Waals surface area contributed by atoms with Gasteiger partial charge in [-0.05, 0) is 54.5 Å². The van der Waals surface area contributed by atoms with Crippen molar-refractivity contribution in [3.63, 3.8) is 0 Å². The molecule has 0 unspecified atom stereocenters. The quantitative estimate of drug-likeness (QED) is 0.266. The number of benzene rings is 3. The van der Waals surface area contributed by atoms with Gasteiger partial charge in [-0.3, -0.25) is 0 Å². The van der Waals surface area contributed by atoms with Gasteiger partial charge in [0.15, 0.2) is 6.20 Å². The van der Waals surface area contributed by atoms with Crippen LogP contribution in [0.4, 0.5) is 0 Å². The normalized spacial score (nSPS) is 14.1. The predicted molar refractivity (Wildman–Crippen MR) is 137 cm³/mol. The van der Waals surface area contributed by atoms with Crippen molar-refractivity contribution < 1.29 is 8.98 Å². The molecule has 0 spiro atoms. The lowest BCUT2D eigenvalue weighted by atomic mass is 9.74. The molecule has 0 fully saturated rings. The number of rotatable bonds is 3. The number of fused-ring (bicyclic) bond motifs is 7. The minimum Gasteiger partial charge on any atom is -0.454 e. The molecular formula is C31H30NO+. The molecule has 2 nitrogen and oxygen atoms in total. The molecule has 2 aromatic heterocycles. The van der Waals surface area contributed by atoms with Gasteiger partial charge in [0.2, 0.25) is 5.69 Å². The third kappa shape index (κ3) is 2.58. The summed E-state index contributed by atoms with van der Waals surface area (Å²) in [5.41, 5.74) is 12.4. The molecule has 2 heterocycles. The molecule has 6 rings (SSSR count). The molecule has 33 heavy (non-hydrogen) atoms. The Hall–Kier alpha value is -3.39. The molecule has 1 aliphatic rings. The Morgan fingerprint density at radius 1 is 0.788 bits per heavy atom. The summed E-state index contributed by atoms with van der Waals surface area (Å²) in [6, 6.07) is 22.5. The number of aromatic nitrogens is 1. The second kappa shape index (κ2) is 7.05. The number of hydrogen-bond donors (Lipinski definition) is 0. The van der Waals surface area contributed by atoms with E-state index in [4.69, 9.17) is 4.42 Å². The van der Waals surface area contributed by atoms with Crippen molar-refractivity contribution in [1.29, 1.82) is 0 Å². The van der Waals surface area contributed by atoms with Gasteiger partial charge in [0, 0.05) is 33.9 Å². The lowest BCUT2D eigenvalue weighted by Crippen LogP contribution is -2.30. The highest BCUT2D eigenvalue weighted by Gasteiger charge is 2.42. The van der Waals surface area contributed by atoms with Crippen LogP contribution >= 0.6 is 0 Å². The van der Waals surface area contributed by atoms with Crippen LogP contribution in [0.3, 0.4) is 0 Å². The van der Waals surface area contributed by atoms with Gasteiger partial charge in [-0.25, -0.2) is 4.57 Å². The van der Waals surface area contributed by atoms with Crippen LogP contribution in [0.25, 0.3) is 44.3 Å². The van der Waals surface area contributed by atoms with Crippen LogP contribution in [0.5, 0.6) is 0 Å². The zero-order valence-corrected chi connectivity index (χ0v) is 20.1. The largest absolute Gasteiger partial charge is 0.454 e. The van der Waals surface area contributed by atoms with Crippen molar-refractivity contribution in [1.82, 2.24) is 0 Å². The van der Waals surface area contributed by atoms with E-state index in [1.807, 2.05) is 0 Å². The van der Waals surface area contributed by atoms with Crippen LogP contribution in [0, 0.1) is 13.8 Å². The predicted octanol–water partition coefficient (Wildman–Crippen LogP) is 7.78. The first-order chi connectivity index (χ1) is 16.0. The molecular weight excluding hydrogens is 402 g/mol. The zero-order chi connectivity index (χ0) is 22.9. The minimum atomic E-state index is 0.0564. The third-order valence-electron chi connectivity index (χ3n) is 8.01. The maximum atomic E-state index is 6.88. The van der Waals surface area contributed by atoms with Crippen molar-refractivity contribution in [2.24, 2.45) is 7.05 Å². The van der Waals surface area contributed by atoms with Crippen LogP contribution in [-0.2, 0) is 12.5 Å². The Kier molecular flexibility index (Phi) is 4.32. The van der Waals surface area contributed by atoms with E-state index in [-0.39, 0.29) is 5.41 Å². The van der Waals surface area contributed by atoms with Gasteiger partial charge >= 0.3 is 0 Å². The van der Waals surface area contributed by atoms with Crippen molar-refractivity contribution in [3.8, 4) is 22.4 Å². The van der Waals surface area contributed by atoms with Crippen LogP contribution in [0.1, 0.15) is 48.9 Å². The molecule has 0 N–H and O–H groups in total. The van der Waals surface area contributed by atoms with Gasteiger partial charge in [-0.15, -0.1) is 0 Å². The molecule has 0 bridgehead atoms. The van der Waals surface area contributed by atoms with Crippen molar-refractivity contribution >= 4 is 21.9 Å². The average molecular weight is 433 g/mol. The number of furan rings is 1. The molecule has 164 valence electrons. The molecule has 0 atom stereocenters. The van der Waals surface area contributed by atoms with Crippen LogP contribution in [0.15, 0.2) is 71.3 Å². The molecule has 2 heteroatoms. The van der Waals surface area contributed by atoms with E-state index < -0.39 is 0 Å². The monoisotopic (exact) mass is 432 g/mol. The van der Waals surface area contributed by atoms with E-state index >= 15 is 0 Å². The van der Waals surface area contributed by atoms with Crippen molar-refractivity contribution in [2.75, 3.05) is 0 Å². The summed E-state index contributed by atoms with van der Waals surface area (Å²) < 4.78 is 9.08. The second-order valence-electron chi connectivity index (χ2n) is 9.64. The van der Waals surface area contributed by atoms with E-state index in [2.05, 4.69) is 106 Å². The van der Waals surface area contributed by atoms with Gasteiger partial charge < -0.3 is 4.42 Å². The maximum Gasteiger partial charge on any atom is 0.216 e. The van der Waals surface area contributed by atoms with Gasteiger partial charge in [-0.2, -0.15) is 0 Å². The van der Waals surface area contributed by atoms with Crippen LogP contribution < -0.4 is 4.57 Å². The van der Waals surface area contributed by atoms with E-state index in [0.29, 0.717) is 0 Å². The van der Waals surface area contributed by atoms with E-state index in [0.717, 1.165) is 24.0 Å². The zero-order valence-electron chi connectivity index (χ0n) is 20.1. The van der Waals surface area contributed by atoms with Gasteiger partial charge in [0.1, 0.15) is 18.2 Å². The summed E-state index contributed by atoms with van der Waals surface area (Å²) in [6.45, 7) is 8.97. The first-order valence-electron chi connectivity index (χ1n) is 12.1. The fourth-order valence-electron chi connectivity index (χ4n) is 6.19. The molecule has 0 aliphatic heterocycles. The lowest BCUT2D eigenvalue weighted by molar-refractivity contribution is -0.660. The highest BCUT2D eigenvalue weighted by atomic mass is 16.3. The summed E-state index contributed by atoms with van der Waals surface area (Å²) >= 11 is 0. The Morgan fingerprint density at radius 3 is 2.24 bits per heavy atom.